The van der Waals surface area contributed by atoms with E-state index in [0.717, 1.165) is 19.3 Å². The number of phenolic OH excluding ortho intramolecular Hbond substituents is 1. The van der Waals surface area contributed by atoms with Gasteiger partial charge in [0.25, 0.3) is 5.91 Å². The monoisotopic (exact) mass is 265 g/mol. The smallest absolute Gasteiger partial charge is 0.269 e. The number of anilines is 1. The van der Waals surface area contributed by atoms with Gasteiger partial charge in [0, 0.05) is 12.1 Å². The summed E-state index contributed by atoms with van der Waals surface area (Å²) >= 11 is 0. The molecule has 0 unspecified atom stereocenters. The van der Waals surface area contributed by atoms with Crippen LogP contribution in [0.5, 0.6) is 5.75 Å². The molecule has 6 heteroatoms. The molecular formula is C13H19N3O3. The Kier molecular flexibility index (Phi) is 5.81. The van der Waals surface area contributed by atoms with Crippen LogP contribution in [0.1, 0.15) is 43.0 Å². The number of carbonyl (C=O) groups excluding carboxylic acids is 2. The number of amides is 2. The highest BCUT2D eigenvalue weighted by molar-refractivity contribution is 5.99. The van der Waals surface area contributed by atoms with Crippen molar-refractivity contribution in [2.24, 2.45) is 5.84 Å². The molecule has 6 nitrogen and oxygen atoms in total. The fraction of sp³-hybridized carbons (Fsp3) is 0.385. The minimum atomic E-state index is -0.611. The number of nitrogens with two attached hydrogens (primary N) is 1. The first-order valence-electron chi connectivity index (χ1n) is 6.22. The van der Waals surface area contributed by atoms with Gasteiger partial charge in [-0.15, -0.1) is 0 Å². The van der Waals surface area contributed by atoms with Crippen molar-refractivity contribution in [3.8, 4) is 5.75 Å². The molecule has 1 aromatic rings. The summed E-state index contributed by atoms with van der Waals surface area (Å²) in [6.45, 7) is 2.07. The SMILES string of the molecule is CCCCCC(=O)Nc1ccc(O)c(C(=O)NN)c1. The van der Waals surface area contributed by atoms with E-state index in [1.165, 1.54) is 18.2 Å². The van der Waals surface area contributed by atoms with Crippen LogP contribution in [0, 0.1) is 0 Å². The fourth-order valence-electron chi connectivity index (χ4n) is 1.63. The number of benzene rings is 1. The summed E-state index contributed by atoms with van der Waals surface area (Å²) in [6, 6.07) is 4.25. The number of hydrogen-bond acceptors (Lipinski definition) is 4. The van der Waals surface area contributed by atoms with Crippen LogP contribution in [0.15, 0.2) is 18.2 Å². The van der Waals surface area contributed by atoms with E-state index in [-0.39, 0.29) is 17.2 Å². The Hall–Kier alpha value is -2.08. The Morgan fingerprint density at radius 2 is 2.05 bits per heavy atom. The van der Waals surface area contributed by atoms with Gasteiger partial charge >= 0.3 is 0 Å². The zero-order valence-corrected chi connectivity index (χ0v) is 10.9. The second kappa shape index (κ2) is 7.38. The van der Waals surface area contributed by atoms with Crippen molar-refractivity contribution in [2.75, 3.05) is 5.32 Å². The molecule has 0 fully saturated rings. The van der Waals surface area contributed by atoms with Gasteiger partial charge in [-0.05, 0) is 24.6 Å². The van der Waals surface area contributed by atoms with Crippen molar-refractivity contribution in [1.82, 2.24) is 5.43 Å². The Labute approximate surface area is 112 Å². The van der Waals surface area contributed by atoms with Gasteiger partial charge in [0.15, 0.2) is 0 Å². The Morgan fingerprint density at radius 3 is 2.68 bits per heavy atom. The predicted octanol–water partition coefficient (Wildman–Crippen LogP) is 1.51. The van der Waals surface area contributed by atoms with Gasteiger partial charge in [-0.1, -0.05) is 19.8 Å². The topological polar surface area (TPSA) is 104 Å². The van der Waals surface area contributed by atoms with E-state index < -0.39 is 5.91 Å². The molecule has 0 radical (unpaired) electrons. The maximum absolute atomic E-state index is 11.6. The number of nitrogen functional groups attached to an aromatic ring is 1. The number of phenols is 1. The number of rotatable bonds is 6. The van der Waals surface area contributed by atoms with E-state index in [9.17, 15) is 14.7 Å². The fourth-order valence-corrected chi connectivity index (χ4v) is 1.63. The van der Waals surface area contributed by atoms with Crippen LogP contribution < -0.4 is 16.6 Å². The molecule has 0 spiro atoms. The van der Waals surface area contributed by atoms with Crippen LogP contribution in [-0.4, -0.2) is 16.9 Å². The van der Waals surface area contributed by atoms with Crippen molar-refractivity contribution >= 4 is 17.5 Å². The van der Waals surface area contributed by atoms with Gasteiger partial charge in [-0.25, -0.2) is 5.84 Å². The predicted molar refractivity (Wildman–Crippen MR) is 72.5 cm³/mol. The van der Waals surface area contributed by atoms with Crippen molar-refractivity contribution in [3.05, 3.63) is 23.8 Å². The molecule has 1 rings (SSSR count). The Bertz CT molecular complexity index is 460. The van der Waals surface area contributed by atoms with E-state index in [2.05, 4.69) is 12.2 Å². The number of aromatic hydroxyl groups is 1. The summed E-state index contributed by atoms with van der Waals surface area (Å²) in [7, 11) is 0. The van der Waals surface area contributed by atoms with Crippen molar-refractivity contribution in [3.63, 3.8) is 0 Å². The van der Waals surface area contributed by atoms with Crippen LogP contribution in [0.3, 0.4) is 0 Å². The third-order valence-corrected chi connectivity index (χ3v) is 2.66. The van der Waals surface area contributed by atoms with E-state index >= 15 is 0 Å². The summed E-state index contributed by atoms with van der Waals surface area (Å²) in [6.07, 6.45) is 3.32. The van der Waals surface area contributed by atoms with Crippen LogP contribution in [0.25, 0.3) is 0 Å². The summed E-state index contributed by atoms with van der Waals surface area (Å²) in [5, 5.41) is 12.2. The minimum Gasteiger partial charge on any atom is -0.507 e. The van der Waals surface area contributed by atoms with Crippen LogP contribution in [0.4, 0.5) is 5.69 Å². The zero-order valence-electron chi connectivity index (χ0n) is 10.9. The highest BCUT2D eigenvalue weighted by atomic mass is 16.3. The van der Waals surface area contributed by atoms with Crippen molar-refractivity contribution in [2.45, 2.75) is 32.6 Å². The van der Waals surface area contributed by atoms with E-state index in [1.807, 2.05) is 5.43 Å². The normalized spacial score (nSPS) is 10.0. The number of unbranched alkanes of at least 4 members (excludes halogenated alkanes) is 2. The van der Waals surface area contributed by atoms with Gasteiger partial charge in [0.05, 0.1) is 5.56 Å². The van der Waals surface area contributed by atoms with Crippen LogP contribution in [0.2, 0.25) is 0 Å². The molecule has 0 aromatic heterocycles. The quantitative estimate of drug-likeness (QED) is 0.206. The lowest BCUT2D eigenvalue weighted by Crippen LogP contribution is -2.30. The Morgan fingerprint density at radius 1 is 1.32 bits per heavy atom. The van der Waals surface area contributed by atoms with E-state index in [4.69, 9.17) is 5.84 Å². The van der Waals surface area contributed by atoms with Crippen molar-refractivity contribution < 1.29 is 14.7 Å². The van der Waals surface area contributed by atoms with E-state index in [0.29, 0.717) is 12.1 Å². The summed E-state index contributed by atoms with van der Waals surface area (Å²) in [4.78, 5) is 23.0. The second-order valence-corrected chi connectivity index (χ2v) is 4.21. The molecular weight excluding hydrogens is 246 g/mol. The average molecular weight is 265 g/mol. The summed E-state index contributed by atoms with van der Waals surface area (Å²) < 4.78 is 0. The molecule has 0 saturated carbocycles. The second-order valence-electron chi connectivity index (χ2n) is 4.21. The maximum atomic E-state index is 11.6. The number of hydrazine groups is 1. The number of carbonyl (C=O) groups is 2. The molecule has 2 amide bonds. The van der Waals surface area contributed by atoms with Crippen LogP contribution >= 0.6 is 0 Å². The zero-order chi connectivity index (χ0) is 14.3. The van der Waals surface area contributed by atoms with Gasteiger partial charge in [-0.3, -0.25) is 15.0 Å². The average Bonchev–Trinajstić information content (AvgIpc) is 2.40. The van der Waals surface area contributed by atoms with Crippen molar-refractivity contribution in [1.29, 1.82) is 0 Å². The molecule has 0 heterocycles. The van der Waals surface area contributed by atoms with E-state index in [1.54, 1.807) is 0 Å². The lowest BCUT2D eigenvalue weighted by molar-refractivity contribution is -0.116. The lowest BCUT2D eigenvalue weighted by Gasteiger charge is -2.08. The van der Waals surface area contributed by atoms with Gasteiger partial charge in [0.2, 0.25) is 5.91 Å². The third kappa shape index (κ3) is 4.59. The van der Waals surface area contributed by atoms with Gasteiger partial charge in [-0.2, -0.15) is 0 Å². The first kappa shape index (κ1) is 15.0. The third-order valence-electron chi connectivity index (χ3n) is 2.66. The molecule has 0 aliphatic rings. The largest absolute Gasteiger partial charge is 0.507 e. The lowest BCUT2D eigenvalue weighted by atomic mass is 10.1. The molecule has 0 bridgehead atoms. The molecule has 1 aromatic carbocycles. The van der Waals surface area contributed by atoms with Gasteiger partial charge in [0.1, 0.15) is 5.75 Å². The first-order chi connectivity index (χ1) is 9.08. The molecule has 0 saturated heterocycles. The first-order valence-corrected chi connectivity index (χ1v) is 6.22. The molecule has 0 aliphatic carbocycles. The highest BCUT2D eigenvalue weighted by Crippen LogP contribution is 2.21. The minimum absolute atomic E-state index is 0.0221. The summed E-state index contributed by atoms with van der Waals surface area (Å²) in [5.74, 6) is 4.10. The highest BCUT2D eigenvalue weighted by Gasteiger charge is 2.11. The van der Waals surface area contributed by atoms with Crippen LogP contribution in [-0.2, 0) is 4.79 Å². The standard InChI is InChI=1S/C13H19N3O3/c1-2-3-4-5-12(18)15-9-6-7-11(17)10(8-9)13(19)16-14/h6-8,17H,2-5,14H2,1H3,(H,15,18)(H,16,19). The maximum Gasteiger partial charge on any atom is 0.269 e. The molecule has 104 valence electrons. The summed E-state index contributed by atoms with van der Waals surface area (Å²) in [5.41, 5.74) is 2.41. The number of nitrogens with one attached hydrogen (secondary N) is 2. The molecule has 0 aliphatic heterocycles. The molecule has 5 N–H and O–H groups in total. The number of hydrogen-bond donors (Lipinski definition) is 4. The molecule has 0 atom stereocenters. The van der Waals surface area contributed by atoms with Gasteiger partial charge < -0.3 is 10.4 Å². The molecule has 19 heavy (non-hydrogen) atoms. The Balaban J connectivity index is 2.69.